The maximum Gasteiger partial charge on any atom is 0.240 e. The standard InChI is InChI=1S/C10H21N3O/c1-8-2-4-10(12,5-3-8)9(14)13-7-6-11/h8H,2-7,11-12H2,1H3,(H,13,14). The number of carbonyl (C=O) groups is 1. The van der Waals surface area contributed by atoms with Crippen molar-refractivity contribution in [2.45, 2.75) is 38.1 Å². The Hall–Kier alpha value is -0.610. The van der Waals surface area contributed by atoms with E-state index in [-0.39, 0.29) is 5.91 Å². The van der Waals surface area contributed by atoms with Crippen LogP contribution in [0.15, 0.2) is 0 Å². The monoisotopic (exact) mass is 199 g/mol. The molecule has 82 valence electrons. The first kappa shape index (κ1) is 11.5. The highest BCUT2D eigenvalue weighted by atomic mass is 16.2. The minimum atomic E-state index is -0.637. The molecule has 1 fully saturated rings. The van der Waals surface area contributed by atoms with Crippen LogP contribution in [0.4, 0.5) is 0 Å². The lowest BCUT2D eigenvalue weighted by atomic mass is 9.77. The van der Waals surface area contributed by atoms with E-state index in [1.54, 1.807) is 0 Å². The molecular formula is C10H21N3O. The smallest absolute Gasteiger partial charge is 0.240 e. The summed E-state index contributed by atoms with van der Waals surface area (Å²) >= 11 is 0. The lowest BCUT2D eigenvalue weighted by Gasteiger charge is -2.34. The van der Waals surface area contributed by atoms with Crippen LogP contribution < -0.4 is 16.8 Å². The Morgan fingerprint density at radius 1 is 1.50 bits per heavy atom. The Balaban J connectivity index is 2.44. The largest absolute Gasteiger partial charge is 0.353 e. The zero-order valence-corrected chi connectivity index (χ0v) is 8.88. The number of hydrogen-bond acceptors (Lipinski definition) is 3. The van der Waals surface area contributed by atoms with Crippen molar-refractivity contribution >= 4 is 5.91 Å². The van der Waals surface area contributed by atoms with E-state index in [1.807, 2.05) is 0 Å². The second kappa shape index (κ2) is 4.75. The number of carbonyl (C=O) groups excluding carboxylic acids is 1. The lowest BCUT2D eigenvalue weighted by Crippen LogP contribution is -2.56. The van der Waals surface area contributed by atoms with E-state index in [9.17, 15) is 4.79 Å². The summed E-state index contributed by atoms with van der Waals surface area (Å²) in [6, 6.07) is 0. The minimum absolute atomic E-state index is 0.0325. The van der Waals surface area contributed by atoms with Gasteiger partial charge in [-0.25, -0.2) is 0 Å². The van der Waals surface area contributed by atoms with Crippen molar-refractivity contribution in [1.29, 1.82) is 0 Å². The predicted octanol–water partition coefficient (Wildman–Crippen LogP) is -0.0311. The van der Waals surface area contributed by atoms with E-state index in [2.05, 4.69) is 12.2 Å². The third-order valence-corrected chi connectivity index (χ3v) is 3.05. The van der Waals surface area contributed by atoms with Gasteiger partial charge in [0.1, 0.15) is 0 Å². The molecule has 14 heavy (non-hydrogen) atoms. The van der Waals surface area contributed by atoms with E-state index in [0.717, 1.165) is 25.7 Å². The predicted molar refractivity (Wildman–Crippen MR) is 56.6 cm³/mol. The van der Waals surface area contributed by atoms with Gasteiger partial charge in [-0.05, 0) is 31.6 Å². The van der Waals surface area contributed by atoms with Gasteiger partial charge >= 0.3 is 0 Å². The molecule has 0 aromatic rings. The van der Waals surface area contributed by atoms with Gasteiger partial charge in [-0.2, -0.15) is 0 Å². The van der Waals surface area contributed by atoms with Gasteiger partial charge in [0.15, 0.2) is 0 Å². The van der Waals surface area contributed by atoms with Crippen molar-refractivity contribution < 1.29 is 4.79 Å². The fraction of sp³-hybridized carbons (Fsp3) is 0.900. The van der Waals surface area contributed by atoms with Crippen molar-refractivity contribution in [3.63, 3.8) is 0 Å². The molecule has 1 aliphatic rings. The highest BCUT2D eigenvalue weighted by Crippen LogP contribution is 2.29. The number of hydrogen-bond donors (Lipinski definition) is 3. The van der Waals surface area contributed by atoms with Crippen LogP contribution in [0.2, 0.25) is 0 Å². The van der Waals surface area contributed by atoms with E-state index < -0.39 is 5.54 Å². The summed E-state index contributed by atoms with van der Waals surface area (Å²) in [7, 11) is 0. The first-order chi connectivity index (χ1) is 6.58. The molecule has 0 saturated heterocycles. The fourth-order valence-corrected chi connectivity index (χ4v) is 1.87. The summed E-state index contributed by atoms with van der Waals surface area (Å²) < 4.78 is 0. The zero-order valence-electron chi connectivity index (χ0n) is 8.88. The third-order valence-electron chi connectivity index (χ3n) is 3.05. The molecule has 4 nitrogen and oxygen atoms in total. The average molecular weight is 199 g/mol. The molecule has 0 heterocycles. The molecule has 1 amide bonds. The van der Waals surface area contributed by atoms with Gasteiger partial charge in [-0.1, -0.05) is 6.92 Å². The van der Waals surface area contributed by atoms with Gasteiger partial charge in [0.05, 0.1) is 5.54 Å². The van der Waals surface area contributed by atoms with Crippen LogP contribution >= 0.6 is 0 Å². The maximum atomic E-state index is 11.7. The van der Waals surface area contributed by atoms with Gasteiger partial charge in [0.25, 0.3) is 0 Å². The van der Waals surface area contributed by atoms with Crippen LogP contribution in [0.5, 0.6) is 0 Å². The van der Waals surface area contributed by atoms with Crippen LogP contribution in [0.25, 0.3) is 0 Å². The second-order valence-electron chi connectivity index (χ2n) is 4.38. The Kier molecular flexibility index (Phi) is 3.89. The summed E-state index contributed by atoms with van der Waals surface area (Å²) in [6.07, 6.45) is 3.69. The van der Waals surface area contributed by atoms with Crippen LogP contribution in [0, 0.1) is 5.92 Å². The number of rotatable bonds is 3. The van der Waals surface area contributed by atoms with E-state index in [1.165, 1.54) is 0 Å². The molecule has 1 rings (SSSR count). The minimum Gasteiger partial charge on any atom is -0.353 e. The quantitative estimate of drug-likeness (QED) is 0.597. The fourth-order valence-electron chi connectivity index (χ4n) is 1.87. The molecule has 0 unspecified atom stereocenters. The normalized spacial score (nSPS) is 32.6. The van der Waals surface area contributed by atoms with Crippen LogP contribution in [-0.2, 0) is 4.79 Å². The van der Waals surface area contributed by atoms with Crippen molar-refractivity contribution in [1.82, 2.24) is 5.32 Å². The molecule has 0 atom stereocenters. The summed E-state index contributed by atoms with van der Waals surface area (Å²) in [6.45, 7) is 3.20. The summed E-state index contributed by atoms with van der Waals surface area (Å²) in [4.78, 5) is 11.7. The van der Waals surface area contributed by atoms with Crippen LogP contribution in [-0.4, -0.2) is 24.5 Å². The molecule has 0 aliphatic heterocycles. The molecule has 0 aromatic heterocycles. The number of nitrogens with one attached hydrogen (secondary N) is 1. The molecule has 0 spiro atoms. The first-order valence-electron chi connectivity index (χ1n) is 5.36. The van der Waals surface area contributed by atoms with Gasteiger partial charge in [-0.15, -0.1) is 0 Å². The van der Waals surface area contributed by atoms with Crippen LogP contribution in [0.1, 0.15) is 32.6 Å². The van der Waals surface area contributed by atoms with Gasteiger partial charge < -0.3 is 16.8 Å². The maximum absolute atomic E-state index is 11.7. The van der Waals surface area contributed by atoms with E-state index in [0.29, 0.717) is 19.0 Å². The van der Waals surface area contributed by atoms with Crippen molar-refractivity contribution in [3.05, 3.63) is 0 Å². The molecule has 1 saturated carbocycles. The SMILES string of the molecule is CC1CCC(N)(C(=O)NCCN)CC1. The highest BCUT2D eigenvalue weighted by Gasteiger charge is 2.36. The third kappa shape index (κ3) is 2.69. The Morgan fingerprint density at radius 2 is 2.07 bits per heavy atom. The molecule has 4 heteroatoms. The number of amides is 1. The average Bonchev–Trinajstić information content (AvgIpc) is 2.19. The Bertz CT molecular complexity index is 198. The Labute approximate surface area is 85.4 Å². The number of nitrogens with two attached hydrogens (primary N) is 2. The van der Waals surface area contributed by atoms with E-state index in [4.69, 9.17) is 11.5 Å². The Morgan fingerprint density at radius 3 is 2.57 bits per heavy atom. The van der Waals surface area contributed by atoms with Gasteiger partial charge in [0, 0.05) is 13.1 Å². The second-order valence-corrected chi connectivity index (χ2v) is 4.38. The van der Waals surface area contributed by atoms with Crippen molar-refractivity contribution in [3.8, 4) is 0 Å². The molecular weight excluding hydrogens is 178 g/mol. The molecule has 5 N–H and O–H groups in total. The lowest BCUT2D eigenvalue weighted by molar-refractivity contribution is -0.127. The summed E-state index contributed by atoms with van der Waals surface area (Å²) in [5.74, 6) is 0.670. The van der Waals surface area contributed by atoms with Gasteiger partial charge in [-0.3, -0.25) is 4.79 Å². The molecule has 0 bridgehead atoms. The van der Waals surface area contributed by atoms with Gasteiger partial charge in [0.2, 0.25) is 5.91 Å². The van der Waals surface area contributed by atoms with Crippen LogP contribution in [0.3, 0.4) is 0 Å². The molecule has 1 aliphatic carbocycles. The highest BCUT2D eigenvalue weighted by molar-refractivity contribution is 5.86. The topological polar surface area (TPSA) is 81.1 Å². The van der Waals surface area contributed by atoms with E-state index >= 15 is 0 Å². The zero-order chi connectivity index (χ0) is 10.6. The van der Waals surface area contributed by atoms with Crippen molar-refractivity contribution in [2.24, 2.45) is 17.4 Å². The summed E-state index contributed by atoms with van der Waals surface area (Å²) in [5.41, 5.74) is 10.7. The summed E-state index contributed by atoms with van der Waals surface area (Å²) in [5, 5.41) is 2.77. The first-order valence-corrected chi connectivity index (χ1v) is 5.36. The molecule has 0 aromatic carbocycles. The van der Waals surface area contributed by atoms with Crippen molar-refractivity contribution in [2.75, 3.05) is 13.1 Å². The molecule has 0 radical (unpaired) electrons.